The van der Waals surface area contributed by atoms with Gasteiger partial charge in [-0.3, -0.25) is 0 Å². The molecule has 206 valence electrons. The number of ether oxygens (including phenoxy) is 3. The number of hydrogen-bond donors (Lipinski definition) is 2. The summed E-state index contributed by atoms with van der Waals surface area (Å²) in [7, 11) is 3.11. The first kappa shape index (κ1) is 27.3. The lowest BCUT2D eigenvalue weighted by molar-refractivity contribution is 0.345. The smallest absolute Gasteiger partial charge is 0.232 e. The molecule has 0 saturated carbocycles. The van der Waals surface area contributed by atoms with Crippen LogP contribution in [0.2, 0.25) is 0 Å². The Balaban J connectivity index is 1.49. The fourth-order valence-electron chi connectivity index (χ4n) is 4.82. The Morgan fingerprint density at radius 1 is 0.878 bits per heavy atom. The van der Waals surface area contributed by atoms with Gasteiger partial charge < -0.3 is 24.8 Å². The van der Waals surface area contributed by atoms with Crippen molar-refractivity contribution in [1.82, 2.24) is 9.97 Å². The fourth-order valence-corrected chi connectivity index (χ4v) is 4.82. The number of nitrogens with zero attached hydrogens (tertiary/aromatic N) is 4. The minimum Gasteiger partial charge on any atom is -0.493 e. The van der Waals surface area contributed by atoms with Crippen molar-refractivity contribution < 1.29 is 14.2 Å². The Labute approximate surface area is 239 Å². The number of allylic oxidation sites excluding steroid dienone is 1. The van der Waals surface area contributed by atoms with Gasteiger partial charge in [0.2, 0.25) is 17.6 Å². The standard InChI is InChI=1S/C32H30N6O3/c1-39-27-17-24-16-23(20-34)10-13-26(24)30(40-2)31(27)41-29-18-28(35-15-14-21-6-4-3-5-7-21)37-32(38-29)36-25-11-8-22(19-33)9-12-25/h6,8-13,16-18H,3-5,7,14-15H2,1-2H3,(H2,35,36,37,38). The van der Waals surface area contributed by atoms with Crippen LogP contribution in [0.15, 0.2) is 66.2 Å². The van der Waals surface area contributed by atoms with Crippen molar-refractivity contribution in [2.75, 3.05) is 31.4 Å². The van der Waals surface area contributed by atoms with Crippen LogP contribution in [0.1, 0.15) is 43.2 Å². The van der Waals surface area contributed by atoms with Gasteiger partial charge >= 0.3 is 0 Å². The Kier molecular flexibility index (Phi) is 8.46. The normalized spacial score (nSPS) is 12.5. The van der Waals surface area contributed by atoms with E-state index in [9.17, 15) is 5.26 Å². The third-order valence-electron chi connectivity index (χ3n) is 6.88. The molecule has 0 radical (unpaired) electrons. The molecule has 0 atom stereocenters. The van der Waals surface area contributed by atoms with Gasteiger partial charge in [-0.25, -0.2) is 0 Å². The van der Waals surface area contributed by atoms with Crippen LogP contribution in [-0.4, -0.2) is 30.7 Å². The third-order valence-corrected chi connectivity index (χ3v) is 6.88. The monoisotopic (exact) mass is 546 g/mol. The third kappa shape index (κ3) is 6.48. The van der Waals surface area contributed by atoms with E-state index in [4.69, 9.17) is 19.5 Å². The highest BCUT2D eigenvalue weighted by Crippen LogP contribution is 2.45. The second kappa shape index (κ2) is 12.7. The van der Waals surface area contributed by atoms with E-state index in [1.54, 1.807) is 56.7 Å². The number of hydrogen-bond acceptors (Lipinski definition) is 9. The summed E-state index contributed by atoms with van der Waals surface area (Å²) in [5.41, 5.74) is 3.29. The van der Waals surface area contributed by atoms with Gasteiger partial charge in [-0.1, -0.05) is 11.6 Å². The lowest BCUT2D eigenvalue weighted by atomic mass is 9.97. The molecule has 1 aliphatic rings. The average molecular weight is 547 g/mol. The number of aromatic nitrogens is 2. The molecule has 0 unspecified atom stereocenters. The van der Waals surface area contributed by atoms with Gasteiger partial charge in [0, 0.05) is 23.7 Å². The van der Waals surface area contributed by atoms with Crippen LogP contribution in [0, 0.1) is 22.7 Å². The topological polar surface area (TPSA) is 125 Å². The van der Waals surface area contributed by atoms with Gasteiger partial charge in [0.1, 0.15) is 5.82 Å². The zero-order valence-electron chi connectivity index (χ0n) is 23.0. The summed E-state index contributed by atoms with van der Waals surface area (Å²) in [4.78, 5) is 9.27. The average Bonchev–Trinajstić information content (AvgIpc) is 3.01. The Morgan fingerprint density at radius 3 is 2.39 bits per heavy atom. The van der Waals surface area contributed by atoms with E-state index in [0.717, 1.165) is 42.3 Å². The van der Waals surface area contributed by atoms with Gasteiger partial charge in [-0.15, -0.1) is 0 Å². The van der Waals surface area contributed by atoms with Crippen molar-refractivity contribution in [1.29, 1.82) is 10.5 Å². The van der Waals surface area contributed by atoms with Gasteiger partial charge in [0.25, 0.3) is 0 Å². The molecule has 9 heteroatoms. The molecule has 1 aliphatic carbocycles. The molecule has 0 bridgehead atoms. The summed E-state index contributed by atoms with van der Waals surface area (Å²) in [5, 5.41) is 26.6. The number of rotatable bonds is 10. The molecule has 0 spiro atoms. The minimum absolute atomic E-state index is 0.278. The molecule has 0 fully saturated rings. The number of nitrogens with one attached hydrogen (secondary N) is 2. The first-order valence-corrected chi connectivity index (χ1v) is 13.4. The number of methoxy groups -OCH3 is 2. The SMILES string of the molecule is COc1cc2cc(C#N)ccc2c(OC)c1Oc1cc(NCCC2=CCCCC2)nc(Nc2ccc(C#N)cc2)n1. The van der Waals surface area contributed by atoms with Crippen LogP contribution in [0.3, 0.4) is 0 Å². The fraction of sp³-hybridized carbons (Fsp3) is 0.250. The van der Waals surface area contributed by atoms with Gasteiger partial charge in [-0.2, -0.15) is 20.5 Å². The summed E-state index contributed by atoms with van der Waals surface area (Å²) in [6.45, 7) is 0.725. The van der Waals surface area contributed by atoms with Gasteiger partial charge in [0.05, 0.1) is 37.5 Å². The Bertz CT molecular complexity index is 1670. The summed E-state index contributed by atoms with van der Waals surface area (Å²) in [6, 6.07) is 20.2. The van der Waals surface area contributed by atoms with Crippen molar-refractivity contribution in [3.63, 3.8) is 0 Å². The molecular formula is C32H30N6O3. The molecule has 41 heavy (non-hydrogen) atoms. The molecule has 5 rings (SSSR count). The molecule has 1 aromatic heterocycles. The predicted molar refractivity (Wildman–Crippen MR) is 158 cm³/mol. The van der Waals surface area contributed by atoms with Crippen LogP contribution in [0.4, 0.5) is 17.5 Å². The Hall–Kier alpha value is -5.28. The minimum atomic E-state index is 0.278. The maximum atomic E-state index is 9.34. The highest BCUT2D eigenvalue weighted by atomic mass is 16.5. The second-order valence-electron chi connectivity index (χ2n) is 9.61. The van der Waals surface area contributed by atoms with Crippen LogP contribution < -0.4 is 24.8 Å². The number of nitriles is 2. The van der Waals surface area contributed by atoms with Crippen LogP contribution in [-0.2, 0) is 0 Å². The van der Waals surface area contributed by atoms with E-state index in [-0.39, 0.29) is 5.88 Å². The number of anilines is 3. The van der Waals surface area contributed by atoms with E-state index in [0.29, 0.717) is 40.1 Å². The first-order chi connectivity index (χ1) is 20.1. The lowest BCUT2D eigenvalue weighted by Gasteiger charge is -2.17. The quantitative estimate of drug-likeness (QED) is 0.198. The second-order valence-corrected chi connectivity index (χ2v) is 9.61. The maximum absolute atomic E-state index is 9.34. The highest BCUT2D eigenvalue weighted by molar-refractivity contribution is 5.94. The number of benzene rings is 3. The number of fused-ring (bicyclic) bond motifs is 1. The molecule has 1 heterocycles. The molecule has 4 aromatic rings. The predicted octanol–water partition coefficient (Wildman–Crippen LogP) is 7.23. The first-order valence-electron chi connectivity index (χ1n) is 13.4. The van der Waals surface area contributed by atoms with Crippen molar-refractivity contribution in [3.8, 4) is 35.3 Å². The van der Waals surface area contributed by atoms with E-state index < -0.39 is 0 Å². The van der Waals surface area contributed by atoms with E-state index in [1.807, 2.05) is 12.1 Å². The molecule has 3 aromatic carbocycles. The van der Waals surface area contributed by atoms with Gasteiger partial charge in [-0.05, 0) is 86.0 Å². The van der Waals surface area contributed by atoms with E-state index in [1.165, 1.54) is 18.4 Å². The molecule has 0 saturated heterocycles. The maximum Gasteiger partial charge on any atom is 0.232 e. The molecule has 9 nitrogen and oxygen atoms in total. The lowest BCUT2D eigenvalue weighted by Crippen LogP contribution is -2.08. The van der Waals surface area contributed by atoms with E-state index >= 15 is 0 Å². The zero-order valence-corrected chi connectivity index (χ0v) is 23.0. The zero-order chi connectivity index (χ0) is 28.6. The van der Waals surface area contributed by atoms with Crippen molar-refractivity contribution in [3.05, 3.63) is 77.4 Å². The molecular weight excluding hydrogens is 516 g/mol. The van der Waals surface area contributed by atoms with Gasteiger partial charge in [0.15, 0.2) is 11.5 Å². The van der Waals surface area contributed by atoms with Crippen LogP contribution in [0.5, 0.6) is 23.1 Å². The van der Waals surface area contributed by atoms with Crippen molar-refractivity contribution >= 4 is 28.2 Å². The Morgan fingerprint density at radius 2 is 1.68 bits per heavy atom. The highest BCUT2D eigenvalue weighted by Gasteiger charge is 2.20. The largest absolute Gasteiger partial charge is 0.493 e. The summed E-state index contributed by atoms with van der Waals surface area (Å²) in [5.74, 6) is 2.45. The van der Waals surface area contributed by atoms with E-state index in [2.05, 4.69) is 38.8 Å². The van der Waals surface area contributed by atoms with Crippen LogP contribution in [0.25, 0.3) is 10.8 Å². The molecule has 2 N–H and O–H groups in total. The van der Waals surface area contributed by atoms with Crippen molar-refractivity contribution in [2.24, 2.45) is 0 Å². The summed E-state index contributed by atoms with van der Waals surface area (Å²) in [6.07, 6.45) is 8.07. The molecule has 0 aliphatic heterocycles. The molecule has 0 amide bonds. The van der Waals surface area contributed by atoms with Crippen molar-refractivity contribution in [2.45, 2.75) is 32.1 Å². The summed E-state index contributed by atoms with van der Waals surface area (Å²) < 4.78 is 17.8. The summed E-state index contributed by atoms with van der Waals surface area (Å²) >= 11 is 0. The van der Waals surface area contributed by atoms with Crippen LogP contribution >= 0.6 is 0 Å².